The van der Waals surface area contributed by atoms with E-state index in [1.165, 1.54) is 0 Å². The van der Waals surface area contributed by atoms with Gasteiger partial charge in [0.2, 0.25) is 0 Å². The van der Waals surface area contributed by atoms with Gasteiger partial charge in [0.05, 0.1) is 0 Å². The van der Waals surface area contributed by atoms with Gasteiger partial charge in [-0.3, -0.25) is 4.79 Å². The Labute approximate surface area is 113 Å². The van der Waals surface area contributed by atoms with Gasteiger partial charge in [-0.1, -0.05) is 54.6 Å². The molecule has 0 aliphatic rings. The zero-order valence-electron chi connectivity index (χ0n) is 10.7. The van der Waals surface area contributed by atoms with E-state index in [1.54, 1.807) is 0 Å². The molecular formula is C17H16O2. The van der Waals surface area contributed by atoms with E-state index in [0.717, 1.165) is 30.3 Å². The van der Waals surface area contributed by atoms with Crippen molar-refractivity contribution in [3.63, 3.8) is 0 Å². The molecule has 0 unspecified atom stereocenters. The number of rotatable bonds is 6. The molecule has 0 bridgehead atoms. The third kappa shape index (κ3) is 3.38. The first kappa shape index (κ1) is 13.2. The second kappa shape index (κ2) is 6.64. The van der Waals surface area contributed by atoms with Gasteiger partial charge in [0.25, 0.3) is 0 Å². The first-order valence-electron chi connectivity index (χ1n) is 6.44. The largest absolute Gasteiger partial charge is 0.303 e. The summed E-state index contributed by atoms with van der Waals surface area (Å²) >= 11 is 0. The molecule has 0 saturated heterocycles. The van der Waals surface area contributed by atoms with Crippen LogP contribution in [0.25, 0.3) is 0 Å². The van der Waals surface area contributed by atoms with Gasteiger partial charge >= 0.3 is 0 Å². The van der Waals surface area contributed by atoms with Crippen LogP contribution in [0.3, 0.4) is 0 Å². The number of benzene rings is 2. The molecule has 96 valence electrons. The summed E-state index contributed by atoms with van der Waals surface area (Å²) in [7, 11) is 0. The quantitative estimate of drug-likeness (QED) is 0.448. The first-order valence-corrected chi connectivity index (χ1v) is 6.44. The molecule has 2 nitrogen and oxygen atoms in total. The molecule has 0 N–H and O–H groups in total. The van der Waals surface area contributed by atoms with E-state index in [0.29, 0.717) is 12.0 Å². The van der Waals surface area contributed by atoms with E-state index < -0.39 is 0 Å². The van der Waals surface area contributed by atoms with Gasteiger partial charge in [-0.15, -0.1) is 0 Å². The third-order valence-electron chi connectivity index (χ3n) is 3.07. The summed E-state index contributed by atoms with van der Waals surface area (Å²) in [5.41, 5.74) is 2.45. The van der Waals surface area contributed by atoms with Crippen LogP contribution in [0.1, 0.15) is 34.3 Å². The lowest BCUT2D eigenvalue weighted by Gasteiger charge is -2.08. The summed E-state index contributed by atoms with van der Waals surface area (Å²) < 4.78 is 0. The van der Waals surface area contributed by atoms with Crippen LogP contribution in [-0.2, 0) is 11.2 Å². The highest BCUT2D eigenvalue weighted by Crippen LogP contribution is 2.16. The van der Waals surface area contributed by atoms with Crippen LogP contribution in [0.15, 0.2) is 54.6 Å². The van der Waals surface area contributed by atoms with Crippen LogP contribution in [0, 0.1) is 0 Å². The third-order valence-corrected chi connectivity index (χ3v) is 3.07. The lowest BCUT2D eigenvalue weighted by atomic mass is 9.95. The molecule has 0 aromatic heterocycles. The topological polar surface area (TPSA) is 34.1 Å². The van der Waals surface area contributed by atoms with Crippen LogP contribution >= 0.6 is 0 Å². The van der Waals surface area contributed by atoms with Crippen molar-refractivity contribution >= 4 is 12.1 Å². The van der Waals surface area contributed by atoms with Crippen molar-refractivity contribution in [2.45, 2.75) is 19.3 Å². The highest BCUT2D eigenvalue weighted by molar-refractivity contribution is 6.09. The molecule has 0 fully saturated rings. The van der Waals surface area contributed by atoms with Crippen LogP contribution in [0.2, 0.25) is 0 Å². The molecule has 0 spiro atoms. The fourth-order valence-corrected chi connectivity index (χ4v) is 2.08. The maximum Gasteiger partial charge on any atom is 0.193 e. The summed E-state index contributed by atoms with van der Waals surface area (Å²) in [5.74, 6) is 0.0438. The van der Waals surface area contributed by atoms with Crippen molar-refractivity contribution in [3.8, 4) is 0 Å². The predicted molar refractivity (Wildman–Crippen MR) is 75.3 cm³/mol. The molecule has 0 aliphatic heterocycles. The van der Waals surface area contributed by atoms with Crippen LogP contribution in [0.4, 0.5) is 0 Å². The molecular weight excluding hydrogens is 236 g/mol. The van der Waals surface area contributed by atoms with Gasteiger partial charge < -0.3 is 4.79 Å². The Morgan fingerprint density at radius 2 is 1.63 bits per heavy atom. The van der Waals surface area contributed by atoms with Crippen molar-refractivity contribution in [2.75, 3.05) is 0 Å². The molecule has 0 atom stereocenters. The van der Waals surface area contributed by atoms with Gasteiger partial charge in [-0.2, -0.15) is 0 Å². The summed E-state index contributed by atoms with van der Waals surface area (Å²) in [6.07, 6.45) is 2.99. The zero-order valence-corrected chi connectivity index (χ0v) is 10.7. The highest BCUT2D eigenvalue weighted by atomic mass is 16.1. The Kier molecular flexibility index (Phi) is 4.62. The van der Waals surface area contributed by atoms with Crippen molar-refractivity contribution in [2.24, 2.45) is 0 Å². The van der Waals surface area contributed by atoms with E-state index in [2.05, 4.69) is 0 Å². The highest BCUT2D eigenvalue weighted by Gasteiger charge is 2.12. The van der Waals surface area contributed by atoms with Crippen molar-refractivity contribution in [1.29, 1.82) is 0 Å². The summed E-state index contributed by atoms with van der Waals surface area (Å²) in [4.78, 5) is 22.8. The number of ketones is 1. The first-order chi connectivity index (χ1) is 9.33. The van der Waals surface area contributed by atoms with E-state index >= 15 is 0 Å². The number of aldehydes is 1. The van der Waals surface area contributed by atoms with Gasteiger partial charge in [-0.05, 0) is 18.4 Å². The molecule has 2 aromatic carbocycles. The lowest BCUT2D eigenvalue weighted by molar-refractivity contribution is -0.107. The maximum atomic E-state index is 12.4. The molecule has 0 aliphatic carbocycles. The predicted octanol–water partition coefficient (Wildman–Crippen LogP) is 3.44. The standard InChI is InChI=1S/C17H16O2/c18-13-7-6-9-14-8-4-5-12-16(14)17(19)15-10-2-1-3-11-15/h1-5,8,10-13H,6-7,9H2. The number of unbranched alkanes of at least 4 members (excludes halogenated alkanes) is 1. The van der Waals surface area contributed by atoms with E-state index in [1.807, 2.05) is 54.6 Å². The maximum absolute atomic E-state index is 12.4. The van der Waals surface area contributed by atoms with Crippen molar-refractivity contribution < 1.29 is 9.59 Å². The number of carbonyl (C=O) groups excluding carboxylic acids is 2. The molecule has 2 aromatic rings. The van der Waals surface area contributed by atoms with Gasteiger partial charge in [0.1, 0.15) is 6.29 Å². The van der Waals surface area contributed by atoms with E-state index in [4.69, 9.17) is 0 Å². The SMILES string of the molecule is O=CCCCc1ccccc1C(=O)c1ccccc1. The Balaban J connectivity index is 2.24. The average molecular weight is 252 g/mol. The molecule has 19 heavy (non-hydrogen) atoms. The molecule has 0 saturated carbocycles. The van der Waals surface area contributed by atoms with Gasteiger partial charge in [0.15, 0.2) is 5.78 Å². The van der Waals surface area contributed by atoms with Gasteiger partial charge in [0, 0.05) is 17.5 Å². The molecule has 0 amide bonds. The fraction of sp³-hybridized carbons (Fsp3) is 0.176. The van der Waals surface area contributed by atoms with Gasteiger partial charge in [-0.25, -0.2) is 0 Å². The molecule has 2 heteroatoms. The average Bonchev–Trinajstić information content (AvgIpc) is 2.48. The Hall–Kier alpha value is -2.22. The molecule has 0 radical (unpaired) electrons. The summed E-state index contributed by atoms with van der Waals surface area (Å²) in [6, 6.07) is 16.9. The Morgan fingerprint density at radius 3 is 2.37 bits per heavy atom. The molecule has 2 rings (SSSR count). The molecule has 0 heterocycles. The number of hydrogen-bond donors (Lipinski definition) is 0. The van der Waals surface area contributed by atoms with Crippen LogP contribution in [0.5, 0.6) is 0 Å². The minimum absolute atomic E-state index is 0.0438. The monoisotopic (exact) mass is 252 g/mol. The summed E-state index contributed by atoms with van der Waals surface area (Å²) in [5, 5.41) is 0. The van der Waals surface area contributed by atoms with Crippen LogP contribution < -0.4 is 0 Å². The summed E-state index contributed by atoms with van der Waals surface area (Å²) in [6.45, 7) is 0. The second-order valence-corrected chi connectivity index (χ2v) is 4.41. The van der Waals surface area contributed by atoms with Crippen molar-refractivity contribution in [3.05, 3.63) is 71.3 Å². The van der Waals surface area contributed by atoms with E-state index in [-0.39, 0.29) is 5.78 Å². The Bertz CT molecular complexity index is 558. The fourth-order valence-electron chi connectivity index (χ4n) is 2.08. The second-order valence-electron chi connectivity index (χ2n) is 4.41. The van der Waals surface area contributed by atoms with Crippen LogP contribution in [-0.4, -0.2) is 12.1 Å². The lowest BCUT2D eigenvalue weighted by Crippen LogP contribution is -2.05. The number of aryl methyl sites for hydroxylation is 1. The normalized spacial score (nSPS) is 10.1. The number of carbonyl (C=O) groups is 2. The minimum atomic E-state index is 0.0438. The smallest absolute Gasteiger partial charge is 0.193 e. The minimum Gasteiger partial charge on any atom is -0.303 e. The number of hydrogen-bond acceptors (Lipinski definition) is 2. The Morgan fingerprint density at radius 1 is 0.947 bits per heavy atom. The van der Waals surface area contributed by atoms with Crippen molar-refractivity contribution in [1.82, 2.24) is 0 Å². The van der Waals surface area contributed by atoms with E-state index in [9.17, 15) is 9.59 Å². The zero-order chi connectivity index (χ0) is 13.5.